The number of carbonyl (C=O) groups excluding carboxylic acids is 3. The number of para-hydroxylation sites is 1. The number of hydrogen-bond acceptors (Lipinski definition) is 10. The van der Waals surface area contributed by atoms with Crippen LogP contribution in [0.4, 0.5) is 35.4 Å². The first kappa shape index (κ1) is 51.1. The number of rotatable bonds is 13. The Labute approximate surface area is 435 Å². The van der Waals surface area contributed by atoms with Crippen molar-refractivity contribution in [2.24, 2.45) is 11.8 Å². The van der Waals surface area contributed by atoms with E-state index in [1.807, 2.05) is 94.4 Å². The van der Waals surface area contributed by atoms with Crippen LogP contribution in [0.25, 0.3) is 22.1 Å². The lowest BCUT2D eigenvalue weighted by molar-refractivity contribution is -0.138. The molecule has 0 unspecified atom stereocenters. The standard InChI is InChI=1S/C56H67F2N11O6/c1-32(2)48(63-55(72)75-6)53(70)67-22-10-14-46(67)51-59-40-18-16-34(28-42(40)61-51)44-20-21-45(69(44)37-30-38(57)50(39(58)31-37)66-26-24-65(25-27-66)36-12-8-7-9-13-36)35-17-19-41-43(29-35)62-52(60-41)47-15-11-23-68(47)54(71)49(33(3)4)64(5)56(73)74/h7-9,12-13,16-19,28-33,44-49H,10-11,14-15,20-27H2,1-6H3,(H,59,61)(H,60,62)(H,63,72)(H,73,74)/t44-,45-,46+,47+,48+,49+/m1/s1. The Bertz CT molecular complexity index is 3060. The molecule has 6 aromatic rings. The van der Waals surface area contributed by atoms with Crippen LogP contribution in [0.3, 0.4) is 0 Å². The van der Waals surface area contributed by atoms with E-state index < -0.39 is 35.9 Å². The van der Waals surface area contributed by atoms with Crippen LogP contribution in [0.1, 0.15) is 113 Å². The van der Waals surface area contributed by atoms with Crippen LogP contribution in [0.15, 0.2) is 78.9 Å². The van der Waals surface area contributed by atoms with E-state index in [-0.39, 0.29) is 53.5 Å². The Morgan fingerprint density at radius 2 is 1.19 bits per heavy atom. The van der Waals surface area contributed by atoms with Crippen molar-refractivity contribution in [3.8, 4) is 0 Å². The SMILES string of the molecule is COC(=O)N[C@H](C(=O)N1CCC[C@H]1c1nc2ccc([C@H]3CC[C@H](c4ccc5nc([C@@H]6CCCN6C(=O)[C@H](C(C)C)N(C)C(=O)O)[nH]c5c4)N3c3cc(F)c(N4CCN(c5ccccc5)CC4)c(F)c3)cc2[nH]1)C(C)C. The van der Waals surface area contributed by atoms with Gasteiger partial charge in [0.25, 0.3) is 0 Å². The molecule has 0 bridgehead atoms. The number of aromatic nitrogens is 4. The van der Waals surface area contributed by atoms with Gasteiger partial charge in [-0.2, -0.15) is 0 Å². The number of fused-ring (bicyclic) bond motifs is 2. The minimum Gasteiger partial charge on any atom is -0.465 e. The summed E-state index contributed by atoms with van der Waals surface area (Å²) in [6.07, 6.45) is 2.35. The number of benzene rings is 4. The molecule has 4 N–H and O–H groups in total. The zero-order valence-electron chi connectivity index (χ0n) is 43.4. The number of carboxylic acid groups (broad SMARTS) is 1. The molecule has 0 radical (unpaired) electrons. The van der Waals surface area contributed by atoms with Gasteiger partial charge >= 0.3 is 12.2 Å². The molecule has 2 aromatic heterocycles. The highest BCUT2D eigenvalue weighted by molar-refractivity contribution is 5.87. The number of imidazole rings is 2. The second-order valence-corrected chi connectivity index (χ2v) is 21.2. The van der Waals surface area contributed by atoms with E-state index in [1.165, 1.54) is 26.3 Å². The van der Waals surface area contributed by atoms with Crippen molar-refractivity contribution < 1.29 is 37.8 Å². The first-order valence-corrected chi connectivity index (χ1v) is 26.3. The van der Waals surface area contributed by atoms with E-state index in [9.17, 15) is 24.3 Å². The van der Waals surface area contributed by atoms with Crippen molar-refractivity contribution in [3.05, 3.63) is 113 Å². The maximum absolute atomic E-state index is 16.8. The average molecular weight is 1030 g/mol. The summed E-state index contributed by atoms with van der Waals surface area (Å²) in [4.78, 5) is 80.0. The minimum atomic E-state index is -1.17. The van der Waals surface area contributed by atoms with Crippen LogP contribution in [-0.2, 0) is 14.3 Å². The van der Waals surface area contributed by atoms with Crippen molar-refractivity contribution in [1.82, 2.24) is 40.0 Å². The molecule has 396 valence electrons. The summed E-state index contributed by atoms with van der Waals surface area (Å²) < 4.78 is 38.5. The van der Waals surface area contributed by atoms with Gasteiger partial charge in [-0.05, 0) is 110 Å². The van der Waals surface area contributed by atoms with Crippen molar-refractivity contribution >= 4 is 63.1 Å². The molecule has 0 saturated carbocycles. The topological polar surface area (TPSA) is 187 Å². The smallest absolute Gasteiger partial charge is 0.407 e. The summed E-state index contributed by atoms with van der Waals surface area (Å²) in [5.41, 5.74) is 6.22. The van der Waals surface area contributed by atoms with E-state index >= 15 is 8.78 Å². The van der Waals surface area contributed by atoms with Crippen LogP contribution in [0.2, 0.25) is 0 Å². The largest absolute Gasteiger partial charge is 0.465 e. The second-order valence-electron chi connectivity index (χ2n) is 21.2. The number of likely N-dealkylation sites (N-methyl/N-ethyl adjacent to an activating group) is 1. The van der Waals surface area contributed by atoms with Crippen molar-refractivity contribution in [1.29, 1.82) is 0 Å². The summed E-state index contributed by atoms with van der Waals surface area (Å²) in [6.45, 7) is 10.6. The molecule has 0 spiro atoms. The highest BCUT2D eigenvalue weighted by Crippen LogP contribution is 2.49. The fourth-order valence-electron chi connectivity index (χ4n) is 12.2. The molecule has 4 saturated heterocycles. The van der Waals surface area contributed by atoms with E-state index in [2.05, 4.69) is 25.1 Å². The molecule has 4 amide bonds. The molecule has 4 fully saturated rings. The van der Waals surface area contributed by atoms with E-state index in [1.54, 1.807) is 14.7 Å². The molecule has 4 aliphatic rings. The van der Waals surface area contributed by atoms with Crippen LogP contribution in [-0.4, -0.2) is 129 Å². The van der Waals surface area contributed by atoms with E-state index in [4.69, 9.17) is 14.7 Å². The number of halogens is 2. The Balaban J connectivity index is 0.969. The molecule has 75 heavy (non-hydrogen) atoms. The fraction of sp³-hybridized carbons (Fsp3) is 0.464. The predicted molar refractivity (Wildman–Crippen MR) is 283 cm³/mol. The maximum atomic E-state index is 16.8. The number of alkyl carbamates (subject to hydrolysis) is 1. The van der Waals surface area contributed by atoms with Gasteiger partial charge in [0.2, 0.25) is 11.8 Å². The molecule has 6 heterocycles. The van der Waals surface area contributed by atoms with Crippen molar-refractivity contribution in [3.63, 3.8) is 0 Å². The Morgan fingerprint density at radius 1 is 0.667 bits per heavy atom. The first-order chi connectivity index (χ1) is 36.1. The molecular formula is C56H67F2N11O6. The molecule has 6 atom stereocenters. The highest BCUT2D eigenvalue weighted by atomic mass is 19.1. The van der Waals surface area contributed by atoms with Gasteiger partial charge in [-0.15, -0.1) is 0 Å². The number of nitrogens with one attached hydrogen (secondary N) is 3. The van der Waals surface area contributed by atoms with E-state index in [0.29, 0.717) is 93.3 Å². The molecule has 10 rings (SSSR count). The van der Waals surface area contributed by atoms with Gasteiger partial charge in [0.05, 0.1) is 53.3 Å². The van der Waals surface area contributed by atoms with Gasteiger partial charge in [0.15, 0.2) is 11.6 Å². The average Bonchev–Trinajstić information content (AvgIpc) is 4.27. The third kappa shape index (κ3) is 9.88. The van der Waals surface area contributed by atoms with Gasteiger partial charge in [-0.3, -0.25) is 14.5 Å². The fourth-order valence-corrected chi connectivity index (χ4v) is 12.2. The van der Waals surface area contributed by atoms with Gasteiger partial charge in [0, 0.05) is 57.7 Å². The molecule has 0 aliphatic carbocycles. The maximum Gasteiger partial charge on any atom is 0.407 e. The summed E-state index contributed by atoms with van der Waals surface area (Å²) in [5, 5.41) is 12.5. The predicted octanol–water partition coefficient (Wildman–Crippen LogP) is 9.47. The van der Waals surface area contributed by atoms with E-state index in [0.717, 1.165) is 45.6 Å². The van der Waals surface area contributed by atoms with Crippen LogP contribution in [0, 0.1) is 23.5 Å². The van der Waals surface area contributed by atoms with Crippen molar-refractivity contribution in [2.75, 3.05) is 68.1 Å². The lowest BCUT2D eigenvalue weighted by Crippen LogP contribution is -2.51. The zero-order chi connectivity index (χ0) is 52.8. The number of amides is 4. The summed E-state index contributed by atoms with van der Waals surface area (Å²) in [6, 6.07) is 22.0. The van der Waals surface area contributed by atoms with Crippen LogP contribution in [0.5, 0.6) is 0 Å². The summed E-state index contributed by atoms with van der Waals surface area (Å²) in [5.74, 6) is -0.883. The lowest BCUT2D eigenvalue weighted by atomic mass is 10.0. The molecule has 17 nitrogen and oxygen atoms in total. The first-order valence-electron chi connectivity index (χ1n) is 26.3. The lowest BCUT2D eigenvalue weighted by Gasteiger charge is -2.38. The normalized spacial score (nSPS) is 21.0. The number of anilines is 3. The number of carbonyl (C=O) groups is 4. The monoisotopic (exact) mass is 1030 g/mol. The molecule has 4 aromatic carbocycles. The highest BCUT2D eigenvalue weighted by Gasteiger charge is 2.42. The molecule has 4 aliphatic heterocycles. The van der Waals surface area contributed by atoms with Crippen molar-refractivity contribution in [2.45, 2.75) is 102 Å². The number of hydrogen-bond donors (Lipinski definition) is 4. The summed E-state index contributed by atoms with van der Waals surface area (Å²) >= 11 is 0. The third-order valence-electron chi connectivity index (χ3n) is 15.9. The summed E-state index contributed by atoms with van der Waals surface area (Å²) in [7, 11) is 2.70. The molecule has 19 heteroatoms. The Hall–Kier alpha value is -7.44. The Morgan fingerprint density at radius 3 is 1.68 bits per heavy atom. The van der Waals surface area contributed by atoms with Crippen LogP contribution < -0.4 is 20.0 Å². The number of nitrogens with zero attached hydrogens (tertiary/aromatic N) is 8. The second kappa shape index (κ2) is 21.1. The zero-order valence-corrected chi connectivity index (χ0v) is 43.4. The number of piperazine rings is 1. The number of aromatic amines is 2. The van der Waals surface area contributed by atoms with Crippen LogP contribution >= 0.6 is 0 Å². The quantitative estimate of drug-likeness (QED) is 0.0864. The van der Waals surface area contributed by atoms with Gasteiger partial charge in [0.1, 0.15) is 29.4 Å². The molecular weight excluding hydrogens is 961 g/mol. The number of methoxy groups -OCH3 is 1. The van der Waals surface area contributed by atoms with Gasteiger partial charge < -0.3 is 49.6 Å². The number of likely N-dealkylation sites (tertiary alicyclic amines) is 2. The third-order valence-corrected chi connectivity index (χ3v) is 15.9. The van der Waals surface area contributed by atoms with Gasteiger partial charge in [-0.25, -0.2) is 28.3 Å². The van der Waals surface area contributed by atoms with Gasteiger partial charge in [-0.1, -0.05) is 58.0 Å². The minimum absolute atomic E-state index is 0.0365. The number of ether oxygens (including phenoxy) is 1. The number of H-pyrrole nitrogens is 2. The Kier molecular flexibility index (Phi) is 14.3.